The van der Waals surface area contributed by atoms with Crippen molar-refractivity contribution in [3.8, 4) is 5.95 Å². The number of hydrogen-bond acceptors (Lipinski definition) is 6. The molecule has 0 spiro atoms. The molecular weight excluding hydrogens is 588 g/mol. The van der Waals surface area contributed by atoms with E-state index in [1.54, 1.807) is 30.3 Å². The standard InChI is InChI=1S/C30H27F6N7O/c31-22-13-38-28(39-14-22)43-26(21-8-10-41(11-9-21)16-19-6-7-25(37-12-19)30(34,35)36)23(15-40-43)27(44)42-17-24(29(32,33)18-42)20-4-2-1-3-5-20/h1-7,12-15,21,24H,8-11,16-18H2/t24-/m0/s1. The Balaban J connectivity index is 1.23. The van der Waals surface area contributed by atoms with Crippen LogP contribution in [0.25, 0.3) is 5.95 Å². The van der Waals surface area contributed by atoms with Crippen molar-refractivity contribution in [1.29, 1.82) is 0 Å². The van der Waals surface area contributed by atoms with E-state index >= 15 is 8.78 Å². The second-order valence-electron chi connectivity index (χ2n) is 11.1. The molecule has 4 aromatic rings. The molecule has 230 valence electrons. The van der Waals surface area contributed by atoms with Gasteiger partial charge in [0.25, 0.3) is 17.8 Å². The topological polar surface area (TPSA) is 80.0 Å². The number of hydrogen-bond donors (Lipinski definition) is 0. The van der Waals surface area contributed by atoms with E-state index in [1.165, 1.54) is 23.1 Å². The van der Waals surface area contributed by atoms with Crippen LogP contribution in [0.2, 0.25) is 0 Å². The van der Waals surface area contributed by atoms with Gasteiger partial charge >= 0.3 is 6.18 Å². The summed E-state index contributed by atoms with van der Waals surface area (Å²) >= 11 is 0. The molecule has 0 aliphatic carbocycles. The van der Waals surface area contributed by atoms with E-state index in [1.807, 2.05) is 0 Å². The summed E-state index contributed by atoms with van der Waals surface area (Å²) in [6, 6.07) is 10.7. The minimum Gasteiger partial charge on any atom is -0.332 e. The van der Waals surface area contributed by atoms with Crippen molar-refractivity contribution >= 4 is 5.91 Å². The molecule has 2 aliphatic heterocycles. The van der Waals surface area contributed by atoms with Crippen molar-refractivity contribution in [3.05, 3.63) is 101 Å². The first-order chi connectivity index (χ1) is 21.0. The summed E-state index contributed by atoms with van der Waals surface area (Å²) in [5.74, 6) is -5.76. The summed E-state index contributed by atoms with van der Waals surface area (Å²) in [5, 5.41) is 4.33. The second kappa shape index (κ2) is 11.6. The molecule has 1 atom stereocenters. The molecule has 5 heterocycles. The molecule has 14 heteroatoms. The van der Waals surface area contributed by atoms with Gasteiger partial charge in [0.15, 0.2) is 5.82 Å². The first-order valence-electron chi connectivity index (χ1n) is 14.0. The third kappa shape index (κ3) is 6.03. The maximum Gasteiger partial charge on any atom is 0.433 e. The lowest BCUT2D eigenvalue weighted by Crippen LogP contribution is -2.35. The van der Waals surface area contributed by atoms with Gasteiger partial charge in [0.1, 0.15) is 5.69 Å². The number of nitrogens with zero attached hydrogens (tertiary/aromatic N) is 7. The van der Waals surface area contributed by atoms with Crippen LogP contribution in [0.15, 0.2) is 67.3 Å². The number of piperidine rings is 1. The van der Waals surface area contributed by atoms with Crippen molar-refractivity contribution in [2.24, 2.45) is 0 Å². The number of pyridine rings is 1. The van der Waals surface area contributed by atoms with Crippen molar-refractivity contribution in [3.63, 3.8) is 0 Å². The Morgan fingerprint density at radius 2 is 1.64 bits per heavy atom. The van der Waals surface area contributed by atoms with Gasteiger partial charge in [0.05, 0.1) is 42.3 Å². The predicted molar refractivity (Wildman–Crippen MR) is 146 cm³/mol. The van der Waals surface area contributed by atoms with Gasteiger partial charge in [-0.3, -0.25) is 14.7 Å². The Hall–Kier alpha value is -4.33. The molecule has 6 rings (SSSR count). The highest BCUT2D eigenvalue weighted by atomic mass is 19.4. The van der Waals surface area contributed by atoms with Gasteiger partial charge in [0.2, 0.25) is 0 Å². The molecule has 2 saturated heterocycles. The van der Waals surface area contributed by atoms with Gasteiger partial charge in [-0.05, 0) is 43.1 Å². The fourth-order valence-corrected chi connectivity index (χ4v) is 5.94. The van der Waals surface area contributed by atoms with E-state index in [2.05, 4.69) is 25.0 Å². The summed E-state index contributed by atoms with van der Waals surface area (Å²) in [6.07, 6.45) is 1.02. The lowest BCUT2D eigenvalue weighted by molar-refractivity contribution is -0.141. The van der Waals surface area contributed by atoms with Crippen LogP contribution < -0.4 is 0 Å². The van der Waals surface area contributed by atoms with Crippen LogP contribution in [0, 0.1) is 5.82 Å². The van der Waals surface area contributed by atoms with E-state index in [4.69, 9.17) is 0 Å². The van der Waals surface area contributed by atoms with Gasteiger partial charge in [-0.1, -0.05) is 36.4 Å². The molecule has 0 radical (unpaired) electrons. The number of rotatable bonds is 6. The second-order valence-corrected chi connectivity index (χ2v) is 11.1. The van der Waals surface area contributed by atoms with Crippen LogP contribution in [-0.2, 0) is 12.7 Å². The highest BCUT2D eigenvalue weighted by molar-refractivity contribution is 5.96. The highest BCUT2D eigenvalue weighted by Gasteiger charge is 2.50. The Labute approximate surface area is 248 Å². The Morgan fingerprint density at radius 1 is 0.932 bits per heavy atom. The fraction of sp³-hybridized carbons (Fsp3) is 0.367. The van der Waals surface area contributed by atoms with Crippen LogP contribution >= 0.6 is 0 Å². The molecule has 0 bridgehead atoms. The van der Waals surface area contributed by atoms with Crippen LogP contribution in [0.3, 0.4) is 0 Å². The molecule has 44 heavy (non-hydrogen) atoms. The SMILES string of the molecule is O=C(c1cnn(-c2ncc(F)cn2)c1C1CCN(Cc2ccc(C(F)(F)F)nc2)CC1)N1C[C@@H](c2ccccc2)C(F)(F)C1. The van der Waals surface area contributed by atoms with Crippen LogP contribution in [0.4, 0.5) is 26.3 Å². The van der Waals surface area contributed by atoms with E-state index in [-0.39, 0.29) is 24.0 Å². The number of halogens is 6. The summed E-state index contributed by atoms with van der Waals surface area (Å²) in [4.78, 5) is 28.6. The number of aromatic nitrogens is 5. The Kier molecular flexibility index (Phi) is 7.86. The summed E-state index contributed by atoms with van der Waals surface area (Å²) < 4.78 is 83.9. The van der Waals surface area contributed by atoms with Crippen LogP contribution in [0.5, 0.6) is 0 Å². The number of alkyl halides is 5. The first-order valence-corrected chi connectivity index (χ1v) is 14.0. The van der Waals surface area contributed by atoms with Crippen LogP contribution in [0.1, 0.15) is 57.6 Å². The number of carbonyl (C=O) groups excluding carboxylic acids is 1. The molecule has 0 saturated carbocycles. The van der Waals surface area contributed by atoms with Gasteiger partial charge < -0.3 is 4.90 Å². The molecule has 0 N–H and O–H groups in total. The zero-order valence-corrected chi connectivity index (χ0v) is 23.3. The Bertz CT molecular complexity index is 1600. The van der Waals surface area contributed by atoms with E-state index in [9.17, 15) is 22.4 Å². The molecule has 1 aromatic carbocycles. The molecule has 0 unspecified atom stereocenters. The zero-order valence-electron chi connectivity index (χ0n) is 23.3. The van der Waals surface area contributed by atoms with Crippen molar-refractivity contribution in [2.45, 2.75) is 43.3 Å². The maximum atomic E-state index is 15.2. The quantitative estimate of drug-likeness (QED) is 0.268. The highest BCUT2D eigenvalue weighted by Crippen LogP contribution is 2.41. The normalized spacial score (nSPS) is 19.4. The van der Waals surface area contributed by atoms with Crippen molar-refractivity contribution < 1.29 is 31.1 Å². The number of amides is 1. The minimum atomic E-state index is -4.52. The van der Waals surface area contributed by atoms with Gasteiger partial charge in [-0.25, -0.2) is 27.8 Å². The van der Waals surface area contributed by atoms with Crippen molar-refractivity contribution in [2.75, 3.05) is 26.2 Å². The third-order valence-electron chi connectivity index (χ3n) is 8.13. The minimum absolute atomic E-state index is 0.0348. The average molecular weight is 616 g/mol. The predicted octanol–water partition coefficient (Wildman–Crippen LogP) is 5.47. The van der Waals surface area contributed by atoms with Crippen molar-refractivity contribution in [1.82, 2.24) is 34.5 Å². The molecule has 2 aliphatic rings. The lowest BCUT2D eigenvalue weighted by atomic mass is 9.90. The van der Waals surface area contributed by atoms with Crippen LogP contribution in [-0.4, -0.2) is 72.5 Å². The molecule has 1 amide bonds. The lowest BCUT2D eigenvalue weighted by Gasteiger charge is -2.32. The van der Waals surface area contributed by atoms with Gasteiger partial charge in [0, 0.05) is 25.2 Å². The summed E-state index contributed by atoms with van der Waals surface area (Å²) in [6.45, 7) is 0.531. The fourth-order valence-electron chi connectivity index (χ4n) is 5.94. The van der Waals surface area contributed by atoms with Gasteiger partial charge in [-0.15, -0.1) is 0 Å². The summed E-state index contributed by atoms with van der Waals surface area (Å²) in [7, 11) is 0. The van der Waals surface area contributed by atoms with Gasteiger partial charge in [-0.2, -0.15) is 18.3 Å². The van der Waals surface area contributed by atoms with E-state index in [0.29, 0.717) is 49.3 Å². The maximum absolute atomic E-state index is 15.2. The molecule has 2 fully saturated rings. The zero-order chi connectivity index (χ0) is 31.1. The molecular formula is C30H27F6N7O. The molecule has 8 nitrogen and oxygen atoms in total. The smallest absolute Gasteiger partial charge is 0.332 e. The largest absolute Gasteiger partial charge is 0.433 e. The van der Waals surface area contributed by atoms with E-state index < -0.39 is 42.0 Å². The summed E-state index contributed by atoms with van der Waals surface area (Å²) in [5.41, 5.74) is 0.704. The monoisotopic (exact) mass is 615 g/mol. The number of likely N-dealkylation sites (tertiary alicyclic amines) is 2. The third-order valence-corrected chi connectivity index (χ3v) is 8.13. The van der Waals surface area contributed by atoms with E-state index in [0.717, 1.165) is 23.4 Å². The Morgan fingerprint density at radius 3 is 2.27 bits per heavy atom. The average Bonchev–Trinajstić information content (AvgIpc) is 3.59. The first kappa shape index (κ1) is 29.7. The number of carbonyl (C=O) groups is 1. The molecule has 3 aromatic heterocycles. The number of benzene rings is 1.